The fraction of sp³-hybridized carbons (Fsp3) is 0.318. The van der Waals surface area contributed by atoms with Gasteiger partial charge in [-0.1, -0.05) is 18.5 Å². The zero-order valence-corrected chi connectivity index (χ0v) is 17.1. The number of rotatable bonds is 3. The molecule has 3 heterocycles. The first-order valence-corrected chi connectivity index (χ1v) is 10.1. The highest BCUT2D eigenvalue weighted by molar-refractivity contribution is 6.33. The smallest absolute Gasteiger partial charge is 0.257 e. The number of nitrogens with one attached hydrogen (secondary N) is 1. The third-order valence-electron chi connectivity index (χ3n) is 5.23. The van der Waals surface area contributed by atoms with Gasteiger partial charge in [0.2, 0.25) is 0 Å². The maximum Gasteiger partial charge on any atom is 0.257 e. The van der Waals surface area contributed by atoms with Crippen molar-refractivity contribution in [2.75, 3.05) is 18.4 Å². The predicted molar refractivity (Wildman–Crippen MR) is 113 cm³/mol. The van der Waals surface area contributed by atoms with Crippen LogP contribution in [0.15, 0.2) is 36.5 Å². The summed E-state index contributed by atoms with van der Waals surface area (Å²) in [5.74, 6) is -0.0309. The molecule has 1 aromatic carbocycles. The van der Waals surface area contributed by atoms with Crippen molar-refractivity contribution in [3.63, 3.8) is 0 Å². The predicted octanol–water partition coefficient (Wildman–Crippen LogP) is 5.35. The molecule has 2 aromatic heterocycles. The molecule has 0 unspecified atom stereocenters. The average molecular weight is 413 g/mol. The van der Waals surface area contributed by atoms with Crippen LogP contribution in [-0.4, -0.2) is 33.9 Å². The van der Waals surface area contributed by atoms with Crippen molar-refractivity contribution in [1.82, 2.24) is 14.9 Å². The van der Waals surface area contributed by atoms with Crippen LogP contribution < -0.4 is 5.32 Å². The van der Waals surface area contributed by atoms with Gasteiger partial charge in [0.25, 0.3) is 5.91 Å². The van der Waals surface area contributed by atoms with E-state index in [0.29, 0.717) is 33.9 Å². The van der Waals surface area contributed by atoms with Gasteiger partial charge in [-0.2, -0.15) is 0 Å². The van der Waals surface area contributed by atoms with Crippen LogP contribution in [-0.2, 0) is 0 Å². The van der Waals surface area contributed by atoms with E-state index in [0.717, 1.165) is 31.6 Å². The van der Waals surface area contributed by atoms with Crippen molar-refractivity contribution in [2.24, 2.45) is 5.92 Å². The molecule has 29 heavy (non-hydrogen) atoms. The second-order valence-electron chi connectivity index (χ2n) is 7.62. The molecule has 0 spiro atoms. The van der Waals surface area contributed by atoms with Gasteiger partial charge in [-0.15, -0.1) is 0 Å². The number of carbonyl (C=O) groups excluding carboxylic acids is 1. The summed E-state index contributed by atoms with van der Waals surface area (Å²) in [4.78, 5) is 24.1. The monoisotopic (exact) mass is 412 g/mol. The Balaban J connectivity index is 1.82. The molecule has 0 aliphatic carbocycles. The summed E-state index contributed by atoms with van der Waals surface area (Å²) < 4.78 is 13.5. The van der Waals surface area contributed by atoms with Crippen molar-refractivity contribution in [1.29, 1.82) is 0 Å². The highest BCUT2D eigenvalue weighted by Crippen LogP contribution is 2.33. The number of anilines is 2. The number of amides is 1. The van der Waals surface area contributed by atoms with E-state index in [1.54, 1.807) is 12.3 Å². The number of halogens is 2. The number of fused-ring (bicyclic) bond motifs is 1. The van der Waals surface area contributed by atoms with Gasteiger partial charge < -0.3 is 10.2 Å². The number of pyridine rings is 2. The summed E-state index contributed by atoms with van der Waals surface area (Å²) in [5.41, 5.74) is 2.92. The van der Waals surface area contributed by atoms with Crippen LogP contribution in [0.4, 0.5) is 15.8 Å². The Morgan fingerprint density at radius 1 is 1.31 bits per heavy atom. The Bertz CT molecular complexity index is 1090. The molecule has 1 aliphatic heterocycles. The van der Waals surface area contributed by atoms with Crippen molar-refractivity contribution < 1.29 is 9.18 Å². The molecule has 1 atom stereocenters. The molecule has 4 rings (SSSR count). The fourth-order valence-corrected chi connectivity index (χ4v) is 3.95. The molecule has 1 aliphatic rings. The van der Waals surface area contributed by atoms with E-state index in [2.05, 4.69) is 22.2 Å². The maximum absolute atomic E-state index is 13.5. The number of aryl methyl sites for hydroxylation is 1. The first-order chi connectivity index (χ1) is 13.9. The third kappa shape index (κ3) is 4.03. The van der Waals surface area contributed by atoms with Gasteiger partial charge in [0.1, 0.15) is 5.82 Å². The molecule has 0 bridgehead atoms. The second kappa shape index (κ2) is 7.95. The van der Waals surface area contributed by atoms with Crippen molar-refractivity contribution in [3.8, 4) is 0 Å². The molecule has 1 fully saturated rings. The third-order valence-corrected chi connectivity index (χ3v) is 5.55. The molecule has 7 heteroatoms. The summed E-state index contributed by atoms with van der Waals surface area (Å²) in [7, 11) is 0. The van der Waals surface area contributed by atoms with Crippen LogP contribution in [0.2, 0.25) is 5.02 Å². The minimum atomic E-state index is -0.420. The van der Waals surface area contributed by atoms with E-state index in [4.69, 9.17) is 11.6 Å². The van der Waals surface area contributed by atoms with E-state index in [9.17, 15) is 9.18 Å². The summed E-state index contributed by atoms with van der Waals surface area (Å²) in [5, 5.41) is 4.19. The molecule has 1 saturated heterocycles. The number of hydrogen-bond donors (Lipinski definition) is 1. The number of likely N-dealkylation sites (tertiary alicyclic amines) is 1. The largest absolute Gasteiger partial charge is 0.353 e. The van der Waals surface area contributed by atoms with Crippen LogP contribution in [0, 0.1) is 18.7 Å². The molecule has 1 N–H and O–H groups in total. The minimum absolute atomic E-state index is 0.0766. The number of aromatic nitrogens is 2. The Kier molecular flexibility index (Phi) is 5.37. The van der Waals surface area contributed by atoms with Gasteiger partial charge in [-0.25, -0.2) is 14.4 Å². The Labute approximate surface area is 173 Å². The first kappa shape index (κ1) is 19.6. The molecule has 1 amide bonds. The summed E-state index contributed by atoms with van der Waals surface area (Å²) in [6.45, 7) is 5.49. The quantitative estimate of drug-likeness (QED) is 0.630. The molecule has 150 valence electrons. The van der Waals surface area contributed by atoms with E-state index >= 15 is 0 Å². The zero-order chi connectivity index (χ0) is 20.5. The SMILES string of the molecule is Cc1ccc2c(Nc3ccc(F)cc3Cl)c(C(=O)N3CCC[C@@H](C)C3)cnc2n1. The van der Waals surface area contributed by atoms with Crippen molar-refractivity contribution >= 4 is 39.9 Å². The van der Waals surface area contributed by atoms with Crippen LogP contribution in [0.1, 0.15) is 35.8 Å². The first-order valence-electron chi connectivity index (χ1n) is 9.70. The highest BCUT2D eigenvalue weighted by atomic mass is 35.5. The number of benzene rings is 1. The number of carbonyl (C=O) groups is 1. The zero-order valence-electron chi connectivity index (χ0n) is 16.4. The van der Waals surface area contributed by atoms with Crippen LogP contribution in [0.25, 0.3) is 11.0 Å². The minimum Gasteiger partial charge on any atom is -0.353 e. The Morgan fingerprint density at radius 2 is 2.14 bits per heavy atom. The normalized spacial score (nSPS) is 16.8. The Morgan fingerprint density at radius 3 is 2.90 bits per heavy atom. The van der Waals surface area contributed by atoms with E-state index in [1.165, 1.54) is 12.1 Å². The fourth-order valence-electron chi connectivity index (χ4n) is 3.74. The molecule has 0 radical (unpaired) electrons. The summed E-state index contributed by atoms with van der Waals surface area (Å²) >= 11 is 6.23. The van der Waals surface area contributed by atoms with Gasteiger partial charge in [-0.05, 0) is 56.0 Å². The van der Waals surface area contributed by atoms with Crippen LogP contribution >= 0.6 is 11.6 Å². The lowest BCUT2D eigenvalue weighted by atomic mass is 9.99. The molecular formula is C22H22ClFN4O. The summed E-state index contributed by atoms with van der Waals surface area (Å²) in [6.07, 6.45) is 3.68. The second-order valence-corrected chi connectivity index (χ2v) is 8.03. The van der Waals surface area contributed by atoms with Gasteiger partial charge in [-0.3, -0.25) is 4.79 Å². The van der Waals surface area contributed by atoms with E-state index in [1.807, 2.05) is 24.0 Å². The van der Waals surface area contributed by atoms with E-state index < -0.39 is 5.82 Å². The van der Waals surface area contributed by atoms with Crippen LogP contribution in [0.3, 0.4) is 0 Å². The highest BCUT2D eigenvalue weighted by Gasteiger charge is 2.25. The van der Waals surface area contributed by atoms with Gasteiger partial charge in [0.15, 0.2) is 5.65 Å². The average Bonchev–Trinajstić information content (AvgIpc) is 2.69. The van der Waals surface area contributed by atoms with Crippen LogP contribution in [0.5, 0.6) is 0 Å². The molecule has 3 aromatic rings. The van der Waals surface area contributed by atoms with E-state index in [-0.39, 0.29) is 10.9 Å². The lowest BCUT2D eigenvalue weighted by molar-refractivity contribution is 0.0684. The molecule has 5 nitrogen and oxygen atoms in total. The van der Waals surface area contributed by atoms with Gasteiger partial charge in [0, 0.05) is 30.4 Å². The number of nitrogens with zero attached hydrogens (tertiary/aromatic N) is 3. The maximum atomic E-state index is 13.5. The van der Waals surface area contributed by atoms with Gasteiger partial charge >= 0.3 is 0 Å². The lowest BCUT2D eigenvalue weighted by Crippen LogP contribution is -2.39. The topological polar surface area (TPSA) is 58.1 Å². The number of piperidine rings is 1. The molecule has 0 saturated carbocycles. The van der Waals surface area contributed by atoms with Gasteiger partial charge in [0.05, 0.1) is 22.0 Å². The molecular weight excluding hydrogens is 391 g/mol. The standard InChI is InChI=1S/C22H22ClFN4O/c1-13-4-3-9-28(12-13)22(29)17-11-25-21-16(7-5-14(2)26-21)20(17)27-19-8-6-15(24)10-18(19)23/h5-8,10-11,13H,3-4,9,12H2,1-2H3,(H,25,26,27)/t13-/m1/s1. The summed E-state index contributed by atoms with van der Waals surface area (Å²) in [6, 6.07) is 7.89. The lowest BCUT2D eigenvalue weighted by Gasteiger charge is -2.31. The van der Waals surface area contributed by atoms with Crippen molar-refractivity contribution in [3.05, 3.63) is 58.6 Å². The number of hydrogen-bond acceptors (Lipinski definition) is 4. The Hall–Kier alpha value is -2.73. The van der Waals surface area contributed by atoms with Crippen molar-refractivity contribution in [2.45, 2.75) is 26.7 Å².